The van der Waals surface area contributed by atoms with Crippen LogP contribution in [0.3, 0.4) is 0 Å². The van der Waals surface area contributed by atoms with Gasteiger partial charge in [0.25, 0.3) is 0 Å². The molecule has 0 aliphatic carbocycles. The fourth-order valence-corrected chi connectivity index (χ4v) is 4.57. The van der Waals surface area contributed by atoms with Crippen molar-refractivity contribution in [1.82, 2.24) is 19.8 Å². The largest absolute Gasteiger partial charge is 0.481 e. The molecule has 2 unspecified atom stereocenters. The monoisotopic (exact) mass is 332 g/mol. The molecule has 7 heteroatoms. The summed E-state index contributed by atoms with van der Waals surface area (Å²) in [6.45, 7) is 5.15. The number of aromatic nitrogens is 2. The van der Waals surface area contributed by atoms with Crippen LogP contribution in [-0.2, 0) is 16.1 Å². The van der Waals surface area contributed by atoms with Crippen LogP contribution in [-0.4, -0.2) is 76.3 Å². The van der Waals surface area contributed by atoms with E-state index in [9.17, 15) is 9.90 Å². The van der Waals surface area contributed by atoms with E-state index < -0.39 is 11.4 Å². The van der Waals surface area contributed by atoms with E-state index in [-0.39, 0.29) is 5.92 Å². The molecule has 0 radical (unpaired) electrons. The first kappa shape index (κ1) is 15.9. The molecule has 0 amide bonds. The van der Waals surface area contributed by atoms with Crippen LogP contribution < -0.4 is 0 Å². The smallest absolute Gasteiger partial charge is 0.312 e. The highest BCUT2D eigenvalue weighted by molar-refractivity contribution is 5.77. The molecule has 0 spiro atoms. The first-order valence-electron chi connectivity index (χ1n) is 8.71. The van der Waals surface area contributed by atoms with E-state index in [4.69, 9.17) is 4.74 Å². The molecular weight excluding hydrogens is 308 g/mol. The molecule has 0 aromatic carbocycles. The number of carbonyl (C=O) groups is 1. The van der Waals surface area contributed by atoms with Gasteiger partial charge < -0.3 is 9.84 Å². The van der Waals surface area contributed by atoms with E-state index in [0.717, 1.165) is 45.0 Å². The number of fused-ring (bicyclic) bond motifs is 1. The Labute approximate surface area is 141 Å². The van der Waals surface area contributed by atoms with Crippen LogP contribution >= 0.6 is 0 Å². The average molecular weight is 332 g/mol. The zero-order valence-electron chi connectivity index (χ0n) is 13.8. The van der Waals surface area contributed by atoms with Crippen molar-refractivity contribution < 1.29 is 14.6 Å². The summed E-state index contributed by atoms with van der Waals surface area (Å²) in [6.07, 6.45) is 5.51. The molecule has 1 aromatic heterocycles. The second-order valence-electron chi connectivity index (χ2n) is 7.27. The first-order chi connectivity index (χ1) is 11.7. The third-order valence-corrected chi connectivity index (χ3v) is 5.82. The fourth-order valence-electron chi connectivity index (χ4n) is 4.57. The maximum absolute atomic E-state index is 12.1. The Morgan fingerprint density at radius 1 is 1.25 bits per heavy atom. The van der Waals surface area contributed by atoms with Crippen LogP contribution in [0.15, 0.2) is 18.5 Å². The van der Waals surface area contributed by atoms with Gasteiger partial charge in [0.05, 0.1) is 12.0 Å². The highest BCUT2D eigenvalue weighted by Gasteiger charge is 2.58. The maximum Gasteiger partial charge on any atom is 0.312 e. The molecule has 4 heterocycles. The number of nitrogens with zero attached hydrogens (tertiary/aromatic N) is 4. The number of hydrogen-bond acceptors (Lipinski definition) is 6. The molecular formula is C17H24N4O3. The van der Waals surface area contributed by atoms with Crippen molar-refractivity contribution >= 4 is 5.97 Å². The van der Waals surface area contributed by atoms with E-state index in [1.165, 1.54) is 0 Å². The first-order valence-corrected chi connectivity index (χ1v) is 8.71. The van der Waals surface area contributed by atoms with Gasteiger partial charge in [-0.2, -0.15) is 0 Å². The SMILES string of the molecule is O=C(O)C12CN(Cc3ncccn3)CC1CN(C1CCOCC1)C2. The third kappa shape index (κ3) is 2.81. The lowest BCUT2D eigenvalue weighted by Gasteiger charge is -2.33. The number of carboxylic acids is 1. The molecule has 7 nitrogen and oxygen atoms in total. The number of carboxylic acid groups (broad SMARTS) is 1. The minimum atomic E-state index is -0.654. The number of hydrogen-bond donors (Lipinski definition) is 1. The van der Waals surface area contributed by atoms with Crippen molar-refractivity contribution in [2.45, 2.75) is 25.4 Å². The van der Waals surface area contributed by atoms with E-state index in [1.54, 1.807) is 18.5 Å². The van der Waals surface area contributed by atoms with Gasteiger partial charge in [0, 0.05) is 63.7 Å². The molecule has 24 heavy (non-hydrogen) atoms. The Kier molecular flexibility index (Phi) is 4.24. The van der Waals surface area contributed by atoms with Crippen LogP contribution in [0.25, 0.3) is 0 Å². The molecule has 3 aliphatic heterocycles. The quantitative estimate of drug-likeness (QED) is 0.859. The lowest BCUT2D eigenvalue weighted by molar-refractivity contribution is -0.149. The summed E-state index contributed by atoms with van der Waals surface area (Å²) in [5, 5.41) is 9.96. The second kappa shape index (κ2) is 6.38. The van der Waals surface area contributed by atoms with Gasteiger partial charge in [-0.1, -0.05) is 0 Å². The van der Waals surface area contributed by atoms with Crippen molar-refractivity contribution in [3.63, 3.8) is 0 Å². The van der Waals surface area contributed by atoms with Crippen LogP contribution in [0.4, 0.5) is 0 Å². The van der Waals surface area contributed by atoms with Crippen molar-refractivity contribution in [3.05, 3.63) is 24.3 Å². The molecule has 2 atom stereocenters. The van der Waals surface area contributed by atoms with Gasteiger partial charge in [0.2, 0.25) is 0 Å². The van der Waals surface area contributed by atoms with Gasteiger partial charge >= 0.3 is 5.97 Å². The van der Waals surface area contributed by atoms with Crippen LogP contribution in [0.1, 0.15) is 18.7 Å². The van der Waals surface area contributed by atoms with Crippen molar-refractivity contribution in [2.75, 3.05) is 39.4 Å². The van der Waals surface area contributed by atoms with Crippen LogP contribution in [0.2, 0.25) is 0 Å². The Balaban J connectivity index is 1.46. The van der Waals surface area contributed by atoms with Gasteiger partial charge in [0.1, 0.15) is 5.82 Å². The summed E-state index contributed by atoms with van der Waals surface area (Å²) in [4.78, 5) is 25.3. The van der Waals surface area contributed by atoms with Gasteiger partial charge in [-0.15, -0.1) is 0 Å². The van der Waals surface area contributed by atoms with Gasteiger partial charge in [-0.25, -0.2) is 9.97 Å². The van der Waals surface area contributed by atoms with E-state index >= 15 is 0 Å². The average Bonchev–Trinajstić information content (AvgIpc) is 3.11. The molecule has 1 N–H and O–H groups in total. The normalized spacial score (nSPS) is 32.1. The molecule has 1 aromatic rings. The summed E-state index contributed by atoms with van der Waals surface area (Å²) < 4.78 is 5.44. The molecule has 3 saturated heterocycles. The molecule has 0 bridgehead atoms. The minimum Gasteiger partial charge on any atom is -0.481 e. The summed E-state index contributed by atoms with van der Waals surface area (Å²) in [7, 11) is 0. The third-order valence-electron chi connectivity index (χ3n) is 5.82. The maximum atomic E-state index is 12.1. The Morgan fingerprint density at radius 3 is 2.67 bits per heavy atom. The van der Waals surface area contributed by atoms with Crippen LogP contribution in [0, 0.1) is 11.3 Å². The molecule has 3 fully saturated rings. The predicted octanol–water partition coefficient (Wildman–Crippen LogP) is 0.474. The zero-order chi connectivity index (χ0) is 16.6. The lowest BCUT2D eigenvalue weighted by atomic mass is 9.81. The number of ether oxygens (including phenoxy) is 1. The molecule has 0 saturated carbocycles. The topological polar surface area (TPSA) is 78.8 Å². The second-order valence-corrected chi connectivity index (χ2v) is 7.27. The van der Waals surface area contributed by atoms with E-state index in [0.29, 0.717) is 25.7 Å². The van der Waals surface area contributed by atoms with E-state index in [1.807, 2.05) is 0 Å². The standard InChI is InChI=1S/C17H24N4O3/c22-16(23)17-11-20(10-15-18-4-1-5-19-15)8-13(17)9-21(12-17)14-2-6-24-7-3-14/h1,4-5,13-14H,2-3,6-12H2,(H,22,23). The van der Waals surface area contributed by atoms with Crippen molar-refractivity contribution in [3.8, 4) is 0 Å². The summed E-state index contributed by atoms with van der Waals surface area (Å²) >= 11 is 0. The van der Waals surface area contributed by atoms with Gasteiger partial charge in [-0.05, 0) is 18.9 Å². The van der Waals surface area contributed by atoms with Crippen molar-refractivity contribution in [1.29, 1.82) is 0 Å². The van der Waals surface area contributed by atoms with E-state index in [2.05, 4.69) is 19.8 Å². The summed E-state index contributed by atoms with van der Waals surface area (Å²) in [6, 6.07) is 2.28. The number of rotatable bonds is 4. The zero-order valence-corrected chi connectivity index (χ0v) is 13.8. The highest BCUT2D eigenvalue weighted by Crippen LogP contribution is 2.44. The molecule has 130 valence electrons. The summed E-state index contributed by atoms with van der Waals surface area (Å²) in [5.41, 5.74) is -0.646. The Hall–Kier alpha value is -1.57. The Morgan fingerprint density at radius 2 is 2.00 bits per heavy atom. The van der Waals surface area contributed by atoms with Gasteiger partial charge in [-0.3, -0.25) is 14.6 Å². The van der Waals surface area contributed by atoms with Crippen LogP contribution in [0.5, 0.6) is 0 Å². The number of likely N-dealkylation sites (tertiary alicyclic amines) is 2. The molecule has 3 aliphatic rings. The molecule has 4 rings (SSSR count). The highest BCUT2D eigenvalue weighted by atomic mass is 16.5. The van der Waals surface area contributed by atoms with Gasteiger partial charge in [0.15, 0.2) is 0 Å². The minimum absolute atomic E-state index is 0.182. The number of aliphatic carboxylic acids is 1. The van der Waals surface area contributed by atoms with Crippen molar-refractivity contribution in [2.24, 2.45) is 11.3 Å². The lowest BCUT2D eigenvalue weighted by Crippen LogP contribution is -2.44. The predicted molar refractivity (Wildman–Crippen MR) is 86.3 cm³/mol. The Bertz CT molecular complexity index is 593. The fraction of sp³-hybridized carbons (Fsp3) is 0.706. The summed E-state index contributed by atoms with van der Waals surface area (Å²) in [5.74, 6) is 0.291.